The monoisotopic (exact) mass is 128 g/mol. The first-order valence-corrected chi connectivity index (χ1v) is 3.84. The number of aliphatic hydroxyl groups excluding tert-OH is 1. The van der Waals surface area contributed by atoms with Crippen molar-refractivity contribution >= 4 is 0 Å². The molecule has 0 heterocycles. The van der Waals surface area contributed by atoms with Crippen LogP contribution in [0.4, 0.5) is 0 Å². The second kappa shape index (κ2) is 2.30. The minimum atomic E-state index is 0.250. The van der Waals surface area contributed by atoms with Crippen molar-refractivity contribution in [3.63, 3.8) is 0 Å². The topological polar surface area (TPSA) is 20.2 Å². The van der Waals surface area contributed by atoms with Gasteiger partial charge in [-0.3, -0.25) is 0 Å². The van der Waals surface area contributed by atoms with Crippen LogP contribution in [0.3, 0.4) is 0 Å². The Bertz CT molecular complexity index is 90.7. The van der Waals surface area contributed by atoms with Gasteiger partial charge in [0.25, 0.3) is 0 Å². The Kier molecular flexibility index (Phi) is 1.80. The van der Waals surface area contributed by atoms with E-state index in [1.807, 2.05) is 0 Å². The molecule has 1 rings (SSSR count). The number of hydrogen-bond donors (Lipinski definition) is 1. The van der Waals surface area contributed by atoms with Crippen LogP contribution in [0.15, 0.2) is 0 Å². The molecule has 1 aliphatic rings. The Hall–Kier alpha value is -0.0400. The molecule has 0 saturated heterocycles. The van der Waals surface area contributed by atoms with Crippen molar-refractivity contribution in [2.24, 2.45) is 11.3 Å². The summed E-state index contributed by atoms with van der Waals surface area (Å²) in [5.41, 5.74) is 0.250. The summed E-state index contributed by atoms with van der Waals surface area (Å²) >= 11 is 0. The molecule has 0 amide bonds. The normalized spacial score (nSPS) is 25.7. The van der Waals surface area contributed by atoms with Crippen molar-refractivity contribution in [3.05, 3.63) is 0 Å². The van der Waals surface area contributed by atoms with Gasteiger partial charge >= 0.3 is 0 Å². The van der Waals surface area contributed by atoms with Crippen molar-refractivity contribution in [3.8, 4) is 0 Å². The maximum atomic E-state index is 9.00. The Morgan fingerprint density at radius 3 is 2.22 bits per heavy atom. The van der Waals surface area contributed by atoms with Gasteiger partial charge in [0, 0.05) is 6.61 Å². The molecule has 0 aromatic rings. The van der Waals surface area contributed by atoms with Crippen LogP contribution < -0.4 is 0 Å². The summed E-state index contributed by atoms with van der Waals surface area (Å²) in [5.74, 6) is 0.826. The highest BCUT2D eigenvalue weighted by atomic mass is 16.3. The van der Waals surface area contributed by atoms with Crippen molar-refractivity contribution in [2.75, 3.05) is 6.61 Å². The van der Waals surface area contributed by atoms with Gasteiger partial charge in [-0.2, -0.15) is 0 Å². The van der Waals surface area contributed by atoms with Crippen molar-refractivity contribution in [1.29, 1.82) is 0 Å². The van der Waals surface area contributed by atoms with E-state index < -0.39 is 0 Å². The van der Waals surface area contributed by atoms with E-state index in [1.165, 1.54) is 12.8 Å². The summed E-state index contributed by atoms with van der Waals surface area (Å²) in [4.78, 5) is 0. The van der Waals surface area contributed by atoms with Crippen LogP contribution in [0, 0.1) is 11.3 Å². The lowest BCUT2D eigenvalue weighted by molar-refractivity contribution is 0.115. The molecule has 1 saturated carbocycles. The Morgan fingerprint density at radius 2 is 2.11 bits per heavy atom. The highest BCUT2D eigenvalue weighted by Crippen LogP contribution is 2.46. The highest BCUT2D eigenvalue weighted by Gasteiger charge is 2.39. The third-order valence-corrected chi connectivity index (χ3v) is 2.73. The zero-order valence-corrected chi connectivity index (χ0v) is 6.35. The van der Waals surface area contributed by atoms with E-state index in [4.69, 9.17) is 5.11 Å². The van der Waals surface area contributed by atoms with E-state index in [1.54, 1.807) is 0 Å². The van der Waals surface area contributed by atoms with E-state index in [-0.39, 0.29) is 5.41 Å². The third kappa shape index (κ3) is 1.26. The molecule has 1 N–H and O–H groups in total. The summed E-state index contributed by atoms with van der Waals surface area (Å²) in [6.07, 6.45) is 3.80. The van der Waals surface area contributed by atoms with Crippen LogP contribution >= 0.6 is 0 Å². The molecule has 0 radical (unpaired) electrons. The zero-order valence-electron chi connectivity index (χ0n) is 6.35. The van der Waals surface area contributed by atoms with E-state index in [9.17, 15) is 0 Å². The second-order valence-electron chi connectivity index (χ2n) is 3.44. The summed E-state index contributed by atoms with van der Waals surface area (Å²) in [5, 5.41) is 9.00. The average Bonchev–Trinajstić information content (AvgIpc) is 2.68. The van der Waals surface area contributed by atoms with Gasteiger partial charge in [-0.1, -0.05) is 13.8 Å². The van der Waals surface area contributed by atoms with Gasteiger partial charge in [0.1, 0.15) is 0 Å². The number of rotatable bonds is 3. The summed E-state index contributed by atoms with van der Waals surface area (Å²) < 4.78 is 0. The molecule has 0 unspecified atom stereocenters. The molecule has 54 valence electrons. The van der Waals surface area contributed by atoms with Crippen LogP contribution in [-0.2, 0) is 0 Å². The molecule has 9 heavy (non-hydrogen) atoms. The van der Waals surface area contributed by atoms with Gasteiger partial charge in [0.2, 0.25) is 0 Å². The predicted molar refractivity (Wildman–Crippen MR) is 38.2 cm³/mol. The maximum absolute atomic E-state index is 9.00. The summed E-state index contributed by atoms with van der Waals surface area (Å²) in [6.45, 7) is 4.72. The molecular formula is C8H16O. The third-order valence-electron chi connectivity index (χ3n) is 2.73. The van der Waals surface area contributed by atoms with Gasteiger partial charge in [-0.25, -0.2) is 0 Å². The summed E-state index contributed by atoms with van der Waals surface area (Å²) in [6, 6.07) is 0. The first kappa shape index (κ1) is 7.07. The van der Waals surface area contributed by atoms with E-state index >= 15 is 0 Å². The first-order valence-electron chi connectivity index (χ1n) is 3.84. The molecule has 0 aromatic heterocycles. The molecular weight excluding hydrogens is 112 g/mol. The first-order chi connectivity index (χ1) is 4.23. The standard InChI is InChI=1S/C8H16O/c1-3-8(2,6-9)7-4-5-7/h7,9H,3-6H2,1-2H3/t8-/m0/s1. The molecule has 0 bridgehead atoms. The molecule has 0 aromatic carbocycles. The fourth-order valence-corrected chi connectivity index (χ4v) is 1.31. The van der Waals surface area contributed by atoms with Crippen LogP contribution in [0.25, 0.3) is 0 Å². The largest absolute Gasteiger partial charge is 0.396 e. The molecule has 0 spiro atoms. The van der Waals surface area contributed by atoms with Crippen molar-refractivity contribution in [2.45, 2.75) is 33.1 Å². The molecule has 1 nitrogen and oxygen atoms in total. The minimum absolute atomic E-state index is 0.250. The Balaban J connectivity index is 2.43. The highest BCUT2D eigenvalue weighted by molar-refractivity contribution is 4.89. The molecule has 0 aliphatic heterocycles. The van der Waals surface area contributed by atoms with Gasteiger partial charge < -0.3 is 5.11 Å². The molecule has 1 heteroatoms. The fourth-order valence-electron chi connectivity index (χ4n) is 1.31. The zero-order chi connectivity index (χ0) is 6.91. The lowest BCUT2D eigenvalue weighted by Crippen LogP contribution is -2.22. The average molecular weight is 128 g/mol. The van der Waals surface area contributed by atoms with E-state index in [0.717, 1.165) is 12.3 Å². The second-order valence-corrected chi connectivity index (χ2v) is 3.44. The number of aliphatic hydroxyl groups is 1. The van der Waals surface area contributed by atoms with Crippen LogP contribution in [0.1, 0.15) is 33.1 Å². The van der Waals surface area contributed by atoms with E-state index in [0.29, 0.717) is 6.61 Å². The molecule has 1 aliphatic carbocycles. The fraction of sp³-hybridized carbons (Fsp3) is 1.00. The van der Waals surface area contributed by atoms with E-state index in [2.05, 4.69) is 13.8 Å². The Morgan fingerprint density at radius 1 is 1.56 bits per heavy atom. The number of hydrogen-bond acceptors (Lipinski definition) is 1. The van der Waals surface area contributed by atoms with Crippen molar-refractivity contribution in [1.82, 2.24) is 0 Å². The predicted octanol–water partition coefficient (Wildman–Crippen LogP) is 1.80. The lowest BCUT2D eigenvalue weighted by atomic mass is 9.83. The minimum Gasteiger partial charge on any atom is -0.396 e. The SMILES string of the molecule is CC[C@@](C)(CO)C1CC1. The molecule has 1 atom stereocenters. The smallest absolute Gasteiger partial charge is 0.0487 e. The Labute approximate surface area is 57.1 Å². The molecule has 1 fully saturated rings. The van der Waals surface area contributed by atoms with Gasteiger partial charge in [-0.05, 0) is 30.6 Å². The van der Waals surface area contributed by atoms with Gasteiger partial charge in [0.05, 0.1) is 0 Å². The maximum Gasteiger partial charge on any atom is 0.0487 e. The van der Waals surface area contributed by atoms with Crippen molar-refractivity contribution < 1.29 is 5.11 Å². The van der Waals surface area contributed by atoms with Gasteiger partial charge in [0.15, 0.2) is 0 Å². The van der Waals surface area contributed by atoms with Gasteiger partial charge in [-0.15, -0.1) is 0 Å². The van der Waals surface area contributed by atoms with Crippen LogP contribution in [0.5, 0.6) is 0 Å². The quantitative estimate of drug-likeness (QED) is 0.614. The van der Waals surface area contributed by atoms with Crippen LogP contribution in [0.2, 0.25) is 0 Å². The lowest BCUT2D eigenvalue weighted by Gasteiger charge is -2.24. The van der Waals surface area contributed by atoms with Crippen LogP contribution in [-0.4, -0.2) is 11.7 Å². The summed E-state index contributed by atoms with van der Waals surface area (Å²) in [7, 11) is 0.